The van der Waals surface area contributed by atoms with Crippen molar-refractivity contribution in [3.63, 3.8) is 0 Å². The summed E-state index contributed by atoms with van der Waals surface area (Å²) in [4.78, 5) is 24.7. The van der Waals surface area contributed by atoms with E-state index in [1.807, 2.05) is 12.1 Å². The average Bonchev–Trinajstić information content (AvgIpc) is 2.38. The van der Waals surface area contributed by atoms with E-state index >= 15 is 0 Å². The fourth-order valence-electron chi connectivity index (χ4n) is 2.50. The Balaban J connectivity index is 1.92. The minimum absolute atomic E-state index is 0.0203. The van der Waals surface area contributed by atoms with E-state index in [-0.39, 0.29) is 12.5 Å². The molecule has 5 nitrogen and oxygen atoms in total. The molecule has 1 saturated carbocycles. The molecule has 1 aromatic rings. The normalized spacial score (nSPS) is 15.9. The number of nitrogens with one attached hydrogen (secondary N) is 1. The van der Waals surface area contributed by atoms with Crippen molar-refractivity contribution in [1.29, 1.82) is 0 Å². The number of amides is 2. The second-order valence-electron chi connectivity index (χ2n) is 5.62. The Labute approximate surface area is 128 Å². The van der Waals surface area contributed by atoms with Crippen molar-refractivity contribution in [2.45, 2.75) is 37.8 Å². The summed E-state index contributed by atoms with van der Waals surface area (Å²) in [7, 11) is 1.69. The van der Waals surface area contributed by atoms with E-state index in [1.165, 1.54) is 0 Å². The first-order valence-corrected chi connectivity index (χ1v) is 7.27. The van der Waals surface area contributed by atoms with Crippen molar-refractivity contribution in [3.8, 4) is 0 Å². The average molecular weight is 311 g/mol. The number of aliphatic carboxylic acids is 1. The maximum Gasteiger partial charge on any atom is 0.317 e. The Bertz CT molecular complexity index is 526. The highest BCUT2D eigenvalue weighted by Crippen LogP contribution is 2.35. The molecule has 1 aromatic carbocycles. The lowest BCUT2D eigenvalue weighted by Gasteiger charge is -2.42. The summed E-state index contributed by atoms with van der Waals surface area (Å²) in [6.07, 6.45) is 2.38. The predicted octanol–water partition coefficient (Wildman–Crippen LogP) is 2.88. The van der Waals surface area contributed by atoms with Gasteiger partial charge in [0, 0.05) is 18.6 Å². The maximum atomic E-state index is 12.2. The molecule has 2 N–H and O–H groups in total. The zero-order valence-corrected chi connectivity index (χ0v) is 12.7. The Morgan fingerprint density at radius 2 is 1.95 bits per heavy atom. The third-order valence-electron chi connectivity index (χ3n) is 3.85. The number of rotatable bonds is 5. The highest BCUT2D eigenvalue weighted by molar-refractivity contribution is 6.30. The van der Waals surface area contributed by atoms with Crippen LogP contribution in [0.2, 0.25) is 5.02 Å². The molecule has 0 atom stereocenters. The third-order valence-corrected chi connectivity index (χ3v) is 4.10. The van der Waals surface area contributed by atoms with Crippen molar-refractivity contribution in [3.05, 3.63) is 34.9 Å². The molecule has 1 aliphatic rings. The summed E-state index contributed by atoms with van der Waals surface area (Å²) in [6.45, 7) is 0.451. The standard InChI is InChI=1S/C15H19ClN2O3/c1-18(10-11-3-5-12(16)6-4-11)14(21)17-15(7-2-8-15)9-13(19)20/h3-6H,2,7-10H2,1H3,(H,17,21)(H,19,20). The molecule has 114 valence electrons. The lowest BCUT2D eigenvalue weighted by Crippen LogP contribution is -2.57. The summed E-state index contributed by atoms with van der Waals surface area (Å²) in [5, 5.41) is 12.5. The van der Waals surface area contributed by atoms with Crippen LogP contribution in [0.15, 0.2) is 24.3 Å². The van der Waals surface area contributed by atoms with Gasteiger partial charge in [-0.05, 0) is 37.0 Å². The van der Waals surface area contributed by atoms with Crippen molar-refractivity contribution >= 4 is 23.6 Å². The van der Waals surface area contributed by atoms with Gasteiger partial charge < -0.3 is 15.3 Å². The first kappa shape index (κ1) is 15.6. The predicted molar refractivity (Wildman–Crippen MR) is 80.3 cm³/mol. The number of carboxylic acid groups (broad SMARTS) is 1. The van der Waals surface area contributed by atoms with Gasteiger partial charge in [-0.25, -0.2) is 4.79 Å². The molecule has 2 amide bonds. The highest BCUT2D eigenvalue weighted by atomic mass is 35.5. The van der Waals surface area contributed by atoms with Crippen molar-refractivity contribution in [2.24, 2.45) is 0 Å². The molecule has 0 aromatic heterocycles. The number of carboxylic acids is 1. The van der Waals surface area contributed by atoms with E-state index in [4.69, 9.17) is 16.7 Å². The quantitative estimate of drug-likeness (QED) is 0.878. The Hall–Kier alpha value is -1.75. The molecule has 2 rings (SSSR count). The number of benzene rings is 1. The summed E-state index contributed by atoms with van der Waals surface area (Å²) in [6, 6.07) is 7.04. The number of carbonyl (C=O) groups is 2. The van der Waals surface area contributed by atoms with Gasteiger partial charge in [-0.2, -0.15) is 0 Å². The summed E-state index contributed by atoms with van der Waals surface area (Å²) < 4.78 is 0. The van der Waals surface area contributed by atoms with Crippen LogP contribution in [0, 0.1) is 0 Å². The number of halogens is 1. The molecular formula is C15H19ClN2O3. The SMILES string of the molecule is CN(Cc1ccc(Cl)cc1)C(=O)NC1(CC(=O)O)CCC1. The second-order valence-corrected chi connectivity index (χ2v) is 6.05. The lowest BCUT2D eigenvalue weighted by atomic mass is 9.74. The fraction of sp³-hybridized carbons (Fsp3) is 0.467. The van der Waals surface area contributed by atoms with Crippen LogP contribution < -0.4 is 5.32 Å². The zero-order chi connectivity index (χ0) is 15.5. The Morgan fingerprint density at radius 3 is 2.43 bits per heavy atom. The highest BCUT2D eigenvalue weighted by Gasteiger charge is 2.40. The van der Waals surface area contributed by atoms with Gasteiger partial charge in [0.2, 0.25) is 0 Å². The molecule has 0 heterocycles. The first-order valence-electron chi connectivity index (χ1n) is 6.90. The number of hydrogen-bond acceptors (Lipinski definition) is 2. The number of hydrogen-bond donors (Lipinski definition) is 2. The van der Waals surface area contributed by atoms with Crippen LogP contribution in [0.1, 0.15) is 31.2 Å². The second kappa shape index (κ2) is 6.35. The smallest absolute Gasteiger partial charge is 0.317 e. The van der Waals surface area contributed by atoms with E-state index in [0.717, 1.165) is 24.8 Å². The van der Waals surface area contributed by atoms with Crippen LogP contribution in [0.4, 0.5) is 4.79 Å². The number of carbonyl (C=O) groups excluding carboxylic acids is 1. The van der Waals surface area contributed by atoms with Crippen LogP contribution in [-0.2, 0) is 11.3 Å². The van der Waals surface area contributed by atoms with E-state index < -0.39 is 11.5 Å². The fourth-order valence-corrected chi connectivity index (χ4v) is 2.62. The molecule has 0 aliphatic heterocycles. The topological polar surface area (TPSA) is 69.6 Å². The van der Waals surface area contributed by atoms with Crippen molar-refractivity contribution in [1.82, 2.24) is 10.2 Å². The molecule has 6 heteroatoms. The van der Waals surface area contributed by atoms with Crippen molar-refractivity contribution < 1.29 is 14.7 Å². The van der Waals surface area contributed by atoms with Crippen LogP contribution in [0.3, 0.4) is 0 Å². The van der Waals surface area contributed by atoms with Crippen LogP contribution in [-0.4, -0.2) is 34.6 Å². The molecule has 0 unspecified atom stereocenters. The molecular weight excluding hydrogens is 292 g/mol. The molecule has 0 radical (unpaired) electrons. The molecule has 0 bridgehead atoms. The van der Waals surface area contributed by atoms with E-state index in [1.54, 1.807) is 24.1 Å². The van der Waals surface area contributed by atoms with Gasteiger partial charge in [-0.15, -0.1) is 0 Å². The van der Waals surface area contributed by atoms with Gasteiger partial charge in [0.1, 0.15) is 0 Å². The summed E-state index contributed by atoms with van der Waals surface area (Å²) >= 11 is 5.82. The molecule has 0 saturated heterocycles. The lowest BCUT2D eigenvalue weighted by molar-refractivity contribution is -0.139. The van der Waals surface area contributed by atoms with Gasteiger partial charge in [0.15, 0.2) is 0 Å². The summed E-state index contributed by atoms with van der Waals surface area (Å²) in [5.74, 6) is -0.879. The van der Waals surface area contributed by atoms with E-state index in [0.29, 0.717) is 11.6 Å². The van der Waals surface area contributed by atoms with Crippen LogP contribution in [0.25, 0.3) is 0 Å². The molecule has 21 heavy (non-hydrogen) atoms. The summed E-state index contributed by atoms with van der Waals surface area (Å²) in [5.41, 5.74) is 0.398. The largest absolute Gasteiger partial charge is 0.481 e. The molecule has 1 fully saturated rings. The minimum atomic E-state index is -0.879. The third kappa shape index (κ3) is 4.11. The number of urea groups is 1. The van der Waals surface area contributed by atoms with E-state index in [2.05, 4.69) is 5.32 Å². The Kier molecular flexibility index (Phi) is 4.73. The van der Waals surface area contributed by atoms with Gasteiger partial charge in [0.25, 0.3) is 0 Å². The van der Waals surface area contributed by atoms with Gasteiger partial charge in [-0.1, -0.05) is 23.7 Å². The monoisotopic (exact) mass is 310 g/mol. The van der Waals surface area contributed by atoms with Gasteiger partial charge in [-0.3, -0.25) is 4.79 Å². The maximum absolute atomic E-state index is 12.2. The van der Waals surface area contributed by atoms with Crippen LogP contribution >= 0.6 is 11.6 Å². The van der Waals surface area contributed by atoms with E-state index in [9.17, 15) is 9.59 Å². The van der Waals surface area contributed by atoms with Crippen LogP contribution in [0.5, 0.6) is 0 Å². The van der Waals surface area contributed by atoms with Gasteiger partial charge in [0.05, 0.1) is 12.0 Å². The first-order chi connectivity index (χ1) is 9.90. The molecule has 1 aliphatic carbocycles. The minimum Gasteiger partial charge on any atom is -0.481 e. The molecule has 0 spiro atoms. The van der Waals surface area contributed by atoms with Crippen molar-refractivity contribution in [2.75, 3.05) is 7.05 Å². The zero-order valence-electron chi connectivity index (χ0n) is 11.9. The van der Waals surface area contributed by atoms with Gasteiger partial charge >= 0.3 is 12.0 Å². The Morgan fingerprint density at radius 1 is 1.33 bits per heavy atom. The number of nitrogens with zero attached hydrogens (tertiary/aromatic N) is 1.